The molecule has 1 unspecified atom stereocenters. The zero-order valence-corrected chi connectivity index (χ0v) is 12.5. The lowest BCUT2D eigenvalue weighted by molar-refractivity contribution is -0.118. The van der Waals surface area contributed by atoms with Gasteiger partial charge in [0.1, 0.15) is 5.75 Å². The Labute approximate surface area is 128 Å². The number of hydrogen-bond donors (Lipinski definition) is 1. The topological polar surface area (TPSA) is 38.3 Å². The zero-order chi connectivity index (χ0) is 14.8. The Bertz CT molecular complexity index is 684. The van der Waals surface area contributed by atoms with Crippen molar-refractivity contribution in [3.05, 3.63) is 59.2 Å². The molecule has 0 aliphatic carbocycles. The van der Waals surface area contributed by atoms with Crippen LogP contribution in [-0.4, -0.2) is 12.5 Å². The second kappa shape index (κ2) is 5.78. The smallest absolute Gasteiger partial charge is 0.262 e. The van der Waals surface area contributed by atoms with Crippen molar-refractivity contribution < 1.29 is 9.53 Å². The highest BCUT2D eigenvalue weighted by Gasteiger charge is 2.19. The largest absolute Gasteiger partial charge is 0.482 e. The molecule has 0 radical (unpaired) electrons. The summed E-state index contributed by atoms with van der Waals surface area (Å²) in [7, 11) is 0. The van der Waals surface area contributed by atoms with Gasteiger partial charge in [-0.1, -0.05) is 37.3 Å². The average Bonchev–Trinajstić information content (AvgIpc) is 2.53. The maximum Gasteiger partial charge on any atom is 0.262 e. The van der Waals surface area contributed by atoms with Crippen LogP contribution in [0.1, 0.15) is 29.0 Å². The first kappa shape index (κ1) is 14.0. The molecule has 0 fully saturated rings. The average molecular weight is 302 g/mol. The molecule has 21 heavy (non-hydrogen) atoms. The number of hydrogen-bond acceptors (Lipinski definition) is 2. The van der Waals surface area contributed by atoms with Gasteiger partial charge in [-0.2, -0.15) is 0 Å². The molecule has 2 aromatic rings. The van der Waals surface area contributed by atoms with Gasteiger partial charge in [0, 0.05) is 0 Å². The number of fused-ring (bicyclic) bond motifs is 1. The zero-order valence-electron chi connectivity index (χ0n) is 11.7. The lowest BCUT2D eigenvalue weighted by Crippen LogP contribution is -2.25. The van der Waals surface area contributed by atoms with Crippen molar-refractivity contribution in [2.24, 2.45) is 0 Å². The van der Waals surface area contributed by atoms with Crippen LogP contribution in [0.3, 0.4) is 0 Å². The second-order valence-electron chi connectivity index (χ2n) is 5.01. The number of carbonyl (C=O) groups is 1. The van der Waals surface area contributed by atoms with Crippen LogP contribution < -0.4 is 10.1 Å². The Kier molecular flexibility index (Phi) is 3.84. The van der Waals surface area contributed by atoms with Gasteiger partial charge in [0.05, 0.1) is 11.1 Å². The van der Waals surface area contributed by atoms with Crippen LogP contribution in [0.25, 0.3) is 0 Å². The molecule has 3 nitrogen and oxygen atoms in total. The van der Waals surface area contributed by atoms with Gasteiger partial charge in [-0.05, 0) is 35.2 Å². The number of halogens is 1. The van der Waals surface area contributed by atoms with E-state index < -0.39 is 0 Å². The summed E-state index contributed by atoms with van der Waals surface area (Å²) in [6.45, 7) is 2.18. The fourth-order valence-corrected chi connectivity index (χ4v) is 2.89. The molecule has 3 rings (SSSR count). The van der Waals surface area contributed by atoms with E-state index in [4.69, 9.17) is 16.3 Å². The number of nitrogens with one attached hydrogen (secondary N) is 1. The highest BCUT2D eigenvalue weighted by molar-refractivity contribution is 6.22. The van der Waals surface area contributed by atoms with Crippen LogP contribution in [0.15, 0.2) is 42.5 Å². The fourth-order valence-electron chi connectivity index (χ4n) is 2.54. The summed E-state index contributed by atoms with van der Waals surface area (Å²) in [5.41, 5.74) is 3.96. The summed E-state index contributed by atoms with van der Waals surface area (Å²) in [6, 6.07) is 13.8. The minimum Gasteiger partial charge on any atom is -0.482 e. The Morgan fingerprint density at radius 3 is 2.90 bits per heavy atom. The van der Waals surface area contributed by atoms with Gasteiger partial charge in [-0.3, -0.25) is 4.79 Å². The van der Waals surface area contributed by atoms with Crippen LogP contribution in [0.5, 0.6) is 5.75 Å². The molecule has 1 aliphatic heterocycles. The van der Waals surface area contributed by atoms with Crippen LogP contribution in [-0.2, 0) is 11.2 Å². The highest BCUT2D eigenvalue weighted by atomic mass is 35.5. The summed E-state index contributed by atoms with van der Waals surface area (Å²) >= 11 is 6.64. The first-order valence-corrected chi connectivity index (χ1v) is 7.41. The molecular weight excluding hydrogens is 286 g/mol. The van der Waals surface area contributed by atoms with Crippen molar-refractivity contribution in [3.8, 4) is 5.75 Å². The van der Waals surface area contributed by atoms with Gasteiger partial charge in [0.25, 0.3) is 5.91 Å². The molecule has 1 N–H and O–H groups in total. The Morgan fingerprint density at radius 1 is 1.29 bits per heavy atom. The second-order valence-corrected chi connectivity index (χ2v) is 5.44. The molecule has 1 heterocycles. The van der Waals surface area contributed by atoms with Gasteiger partial charge >= 0.3 is 0 Å². The number of anilines is 1. The lowest BCUT2D eigenvalue weighted by Gasteiger charge is -2.20. The van der Waals surface area contributed by atoms with E-state index in [2.05, 4.69) is 18.3 Å². The maximum absolute atomic E-state index is 11.4. The van der Waals surface area contributed by atoms with E-state index in [9.17, 15) is 4.79 Å². The third-order valence-electron chi connectivity index (χ3n) is 3.64. The standard InChI is InChI=1S/C17H16ClNO2/c1-2-11-5-3-4-6-13(11)17(18)12-7-8-15-14(9-12)19-16(20)10-21-15/h3-9,17H,2,10H2,1H3,(H,19,20). The number of amides is 1. The van der Waals surface area contributed by atoms with E-state index in [-0.39, 0.29) is 17.9 Å². The number of benzene rings is 2. The predicted octanol–water partition coefficient (Wildman–Crippen LogP) is 3.91. The number of ether oxygens (including phenoxy) is 1. The number of carbonyl (C=O) groups excluding carboxylic acids is 1. The van der Waals surface area contributed by atoms with Crippen molar-refractivity contribution in [1.29, 1.82) is 0 Å². The molecular formula is C17H16ClNO2. The lowest BCUT2D eigenvalue weighted by atomic mass is 9.97. The summed E-state index contributed by atoms with van der Waals surface area (Å²) < 4.78 is 5.37. The minimum atomic E-state index is -0.245. The summed E-state index contributed by atoms with van der Waals surface area (Å²) in [4.78, 5) is 11.4. The Balaban J connectivity index is 1.96. The molecule has 0 spiro atoms. The van der Waals surface area contributed by atoms with E-state index in [0.717, 1.165) is 17.5 Å². The van der Waals surface area contributed by atoms with E-state index in [1.807, 2.05) is 36.4 Å². The Morgan fingerprint density at radius 2 is 2.10 bits per heavy atom. The van der Waals surface area contributed by atoms with E-state index >= 15 is 0 Å². The molecule has 1 amide bonds. The maximum atomic E-state index is 11.4. The van der Waals surface area contributed by atoms with Crippen molar-refractivity contribution in [3.63, 3.8) is 0 Å². The van der Waals surface area contributed by atoms with Gasteiger partial charge in [-0.25, -0.2) is 0 Å². The van der Waals surface area contributed by atoms with Crippen molar-refractivity contribution in [2.75, 3.05) is 11.9 Å². The monoisotopic (exact) mass is 301 g/mol. The number of rotatable bonds is 3. The van der Waals surface area contributed by atoms with E-state index in [1.54, 1.807) is 0 Å². The van der Waals surface area contributed by atoms with E-state index in [0.29, 0.717) is 11.4 Å². The molecule has 1 aliphatic rings. The van der Waals surface area contributed by atoms with Crippen LogP contribution >= 0.6 is 11.6 Å². The molecule has 1 atom stereocenters. The summed E-state index contributed by atoms with van der Waals surface area (Å²) in [5.74, 6) is 0.547. The van der Waals surface area contributed by atoms with E-state index in [1.165, 1.54) is 5.56 Å². The predicted molar refractivity (Wildman–Crippen MR) is 84.1 cm³/mol. The summed E-state index contributed by atoms with van der Waals surface area (Å²) in [6.07, 6.45) is 0.935. The van der Waals surface area contributed by atoms with Crippen LogP contribution in [0, 0.1) is 0 Å². The van der Waals surface area contributed by atoms with Gasteiger partial charge in [-0.15, -0.1) is 11.6 Å². The first-order chi connectivity index (χ1) is 10.2. The van der Waals surface area contributed by atoms with Crippen molar-refractivity contribution >= 4 is 23.2 Å². The van der Waals surface area contributed by atoms with Crippen molar-refractivity contribution in [1.82, 2.24) is 0 Å². The SMILES string of the molecule is CCc1ccccc1C(Cl)c1ccc2c(c1)NC(=O)CO2. The normalized spacial score (nSPS) is 14.9. The molecule has 108 valence electrons. The first-order valence-electron chi connectivity index (χ1n) is 6.97. The third-order valence-corrected chi connectivity index (χ3v) is 4.13. The van der Waals surface area contributed by atoms with Crippen LogP contribution in [0.4, 0.5) is 5.69 Å². The highest BCUT2D eigenvalue weighted by Crippen LogP contribution is 2.36. The molecule has 0 saturated carbocycles. The fraction of sp³-hybridized carbons (Fsp3) is 0.235. The number of aryl methyl sites for hydroxylation is 1. The van der Waals surface area contributed by atoms with Gasteiger partial charge in [0.15, 0.2) is 6.61 Å². The third kappa shape index (κ3) is 2.74. The molecule has 0 saturated heterocycles. The molecule has 2 aromatic carbocycles. The number of alkyl halides is 1. The molecule has 0 bridgehead atoms. The van der Waals surface area contributed by atoms with Gasteiger partial charge in [0.2, 0.25) is 0 Å². The quantitative estimate of drug-likeness (QED) is 0.873. The Hall–Kier alpha value is -2.00. The van der Waals surface area contributed by atoms with Gasteiger partial charge < -0.3 is 10.1 Å². The molecule has 0 aromatic heterocycles. The molecule has 4 heteroatoms. The minimum absolute atomic E-state index is 0.0648. The van der Waals surface area contributed by atoms with Crippen LogP contribution in [0.2, 0.25) is 0 Å². The summed E-state index contributed by atoms with van der Waals surface area (Å²) in [5, 5.41) is 2.57. The van der Waals surface area contributed by atoms with Crippen molar-refractivity contribution in [2.45, 2.75) is 18.7 Å².